The zero-order valence-corrected chi connectivity index (χ0v) is 19.2. The molecule has 0 aliphatic rings. The highest BCUT2D eigenvalue weighted by atomic mass is 16.3. The van der Waals surface area contributed by atoms with Crippen LogP contribution in [0.5, 0.6) is 23.0 Å². The molecule has 0 unspecified atom stereocenters. The summed E-state index contributed by atoms with van der Waals surface area (Å²) in [4.78, 5) is 33.2. The van der Waals surface area contributed by atoms with E-state index in [1.165, 1.54) is 24.3 Å². The molecular weight excluding hydrogens is 488 g/mol. The first-order chi connectivity index (χ1) is 18.4. The van der Waals surface area contributed by atoms with Crippen molar-refractivity contribution >= 4 is 66.7 Å². The molecule has 0 amide bonds. The predicted octanol–water partition coefficient (Wildman–Crippen LogP) is 4.14. The molecule has 8 bridgehead atoms. The number of aromatic nitrogens is 8. The summed E-state index contributed by atoms with van der Waals surface area (Å²) in [7, 11) is 0. The molecule has 0 fully saturated rings. The van der Waals surface area contributed by atoms with Gasteiger partial charge in [-0.2, -0.15) is 0 Å². The Labute approximate surface area is 210 Å². The van der Waals surface area contributed by atoms with Gasteiger partial charge in [0.25, 0.3) is 0 Å². The quantitative estimate of drug-likeness (QED) is 0.164. The number of nitrogens with zero attached hydrogens (tertiary/aromatic N) is 6. The van der Waals surface area contributed by atoms with Crippen LogP contribution >= 0.6 is 0 Å². The standard InChI is InChI=1S/C26H16N8O4/c35-11-7-9-13(37)21-19(11)23-29-15-3-1-4-16(27-15)30-24-20-12(36)8-10-14(38)22(20)26(34-24)32-18-6-2-5-17(28-18)31-25(21)33-23/h1-10,35-38H,(H2,27,28,29,30,31,32,33,34). The Balaban J connectivity index is 1.74. The van der Waals surface area contributed by atoms with Crippen LogP contribution in [0.15, 0.2) is 60.7 Å². The fourth-order valence-corrected chi connectivity index (χ4v) is 4.46. The van der Waals surface area contributed by atoms with E-state index < -0.39 is 0 Å². The monoisotopic (exact) mass is 504 g/mol. The van der Waals surface area contributed by atoms with Crippen LogP contribution < -0.4 is 0 Å². The van der Waals surface area contributed by atoms with Gasteiger partial charge in [0.2, 0.25) is 0 Å². The lowest BCUT2D eigenvalue weighted by molar-refractivity contribution is 0.470. The number of pyridine rings is 2. The summed E-state index contributed by atoms with van der Waals surface area (Å²) in [5, 5.41) is 43.5. The SMILES string of the molecule is Oc1ccc(O)c2c3nc4cccc(n4)nc4[nH]c(nc5cccc(n5)nc([nH]3)c12)c1c(O)ccc(O)c41. The maximum absolute atomic E-state index is 10.6. The molecule has 0 saturated heterocycles. The smallest absolute Gasteiger partial charge is 0.156 e. The van der Waals surface area contributed by atoms with Gasteiger partial charge in [-0.15, -0.1) is 0 Å². The van der Waals surface area contributed by atoms with Crippen LogP contribution in [0.25, 0.3) is 66.7 Å². The number of aromatic amines is 2. The zero-order chi connectivity index (χ0) is 26.0. The summed E-state index contributed by atoms with van der Waals surface area (Å²) in [5.41, 5.74) is 1.90. The number of fused-ring (bicyclic) bond motifs is 14. The molecule has 5 heterocycles. The van der Waals surface area contributed by atoms with Crippen molar-refractivity contribution in [2.75, 3.05) is 0 Å². The van der Waals surface area contributed by atoms with E-state index in [2.05, 4.69) is 39.9 Å². The highest BCUT2D eigenvalue weighted by molar-refractivity contribution is 6.12. The summed E-state index contributed by atoms with van der Waals surface area (Å²) in [6.07, 6.45) is 0. The Kier molecular flexibility index (Phi) is 4.45. The number of phenolic OH excluding ortho intramolecular Hbond substituents is 4. The van der Waals surface area contributed by atoms with Crippen molar-refractivity contribution in [1.82, 2.24) is 39.9 Å². The number of rotatable bonds is 0. The van der Waals surface area contributed by atoms with Gasteiger partial charge in [-0.1, -0.05) is 12.1 Å². The minimum Gasteiger partial charge on any atom is -0.507 e. The van der Waals surface area contributed by atoms with E-state index in [-0.39, 0.29) is 89.7 Å². The number of H-pyrrole nitrogens is 2. The van der Waals surface area contributed by atoms with Crippen molar-refractivity contribution in [2.45, 2.75) is 0 Å². The first-order valence-corrected chi connectivity index (χ1v) is 11.4. The largest absolute Gasteiger partial charge is 0.507 e. The zero-order valence-electron chi connectivity index (χ0n) is 19.2. The van der Waals surface area contributed by atoms with Gasteiger partial charge in [0, 0.05) is 0 Å². The fourth-order valence-electron chi connectivity index (χ4n) is 4.46. The molecule has 2 aromatic carbocycles. The minimum absolute atomic E-state index is 0.106. The topological polar surface area (TPSA) is 190 Å². The number of nitrogens with one attached hydrogen (secondary N) is 2. The molecule has 6 N–H and O–H groups in total. The molecule has 7 aromatic rings. The molecule has 184 valence electrons. The second-order valence-electron chi connectivity index (χ2n) is 8.51. The molecular formula is C26H16N8O4. The lowest BCUT2D eigenvalue weighted by Crippen LogP contribution is -1.85. The molecule has 0 spiro atoms. The molecule has 0 aliphatic carbocycles. The summed E-state index contributed by atoms with van der Waals surface area (Å²) >= 11 is 0. The normalized spacial score (nSPS) is 11.6. The fraction of sp³-hybridized carbons (Fsp3) is 0. The first-order valence-electron chi connectivity index (χ1n) is 11.4. The van der Waals surface area contributed by atoms with Crippen LogP contribution in [0, 0.1) is 0 Å². The number of benzene rings is 2. The van der Waals surface area contributed by atoms with Gasteiger partial charge in [-0.05, 0) is 48.5 Å². The van der Waals surface area contributed by atoms with Crippen molar-refractivity contribution < 1.29 is 20.4 Å². The number of aromatic hydroxyl groups is 4. The van der Waals surface area contributed by atoms with Gasteiger partial charge >= 0.3 is 0 Å². The highest BCUT2D eigenvalue weighted by Crippen LogP contribution is 2.38. The molecule has 7 rings (SSSR count). The van der Waals surface area contributed by atoms with E-state index in [0.29, 0.717) is 0 Å². The molecule has 0 radical (unpaired) electrons. The van der Waals surface area contributed by atoms with Crippen LogP contribution in [0.1, 0.15) is 0 Å². The van der Waals surface area contributed by atoms with Crippen molar-refractivity contribution in [3.63, 3.8) is 0 Å². The summed E-state index contributed by atoms with van der Waals surface area (Å²) in [6, 6.07) is 15.4. The van der Waals surface area contributed by atoms with Crippen molar-refractivity contribution in [2.24, 2.45) is 0 Å². The Morgan fingerprint density at radius 3 is 0.895 bits per heavy atom. The van der Waals surface area contributed by atoms with Gasteiger partial charge < -0.3 is 30.4 Å². The first kappa shape index (κ1) is 21.5. The predicted molar refractivity (Wildman–Crippen MR) is 140 cm³/mol. The maximum atomic E-state index is 10.6. The van der Waals surface area contributed by atoms with Crippen LogP contribution in [0.3, 0.4) is 0 Å². The van der Waals surface area contributed by atoms with Crippen molar-refractivity contribution in [1.29, 1.82) is 0 Å². The third kappa shape index (κ3) is 3.32. The third-order valence-corrected chi connectivity index (χ3v) is 6.09. The third-order valence-electron chi connectivity index (χ3n) is 6.09. The molecule has 0 saturated carbocycles. The van der Waals surface area contributed by atoms with Crippen LogP contribution in [-0.4, -0.2) is 60.3 Å². The number of phenols is 4. The Morgan fingerprint density at radius 2 is 0.632 bits per heavy atom. The molecule has 38 heavy (non-hydrogen) atoms. The van der Waals surface area contributed by atoms with E-state index >= 15 is 0 Å². The summed E-state index contributed by atoms with van der Waals surface area (Å²) in [5.74, 6) is -0.426. The van der Waals surface area contributed by atoms with Crippen molar-refractivity contribution in [3.8, 4) is 23.0 Å². The highest BCUT2D eigenvalue weighted by Gasteiger charge is 2.15. The second-order valence-corrected chi connectivity index (χ2v) is 8.51. The van der Waals surface area contributed by atoms with E-state index in [0.717, 1.165) is 0 Å². The van der Waals surface area contributed by atoms with Crippen LogP contribution in [-0.2, 0) is 0 Å². The lowest BCUT2D eigenvalue weighted by atomic mass is 10.2. The summed E-state index contributed by atoms with van der Waals surface area (Å²) in [6.45, 7) is 0. The van der Waals surface area contributed by atoms with Crippen LogP contribution in [0.2, 0.25) is 0 Å². The number of hydrogen-bond donors (Lipinski definition) is 6. The van der Waals surface area contributed by atoms with Gasteiger partial charge in [-0.3, -0.25) is 0 Å². The minimum atomic E-state index is -0.106. The number of hydrogen-bond acceptors (Lipinski definition) is 10. The molecule has 12 heteroatoms. The van der Waals surface area contributed by atoms with E-state index in [1.807, 2.05) is 0 Å². The van der Waals surface area contributed by atoms with E-state index in [1.54, 1.807) is 36.4 Å². The Hall–Kier alpha value is -5.78. The van der Waals surface area contributed by atoms with Gasteiger partial charge in [-0.25, -0.2) is 29.9 Å². The summed E-state index contributed by atoms with van der Waals surface area (Å²) < 4.78 is 0. The lowest BCUT2D eigenvalue weighted by Gasteiger charge is -1.98. The van der Waals surface area contributed by atoms with Crippen molar-refractivity contribution in [3.05, 3.63) is 60.7 Å². The Bertz CT molecular complexity index is 1910. The van der Waals surface area contributed by atoms with E-state index in [9.17, 15) is 20.4 Å². The van der Waals surface area contributed by atoms with Crippen LogP contribution in [0.4, 0.5) is 0 Å². The van der Waals surface area contributed by atoms with Gasteiger partial charge in [0.1, 0.15) is 45.6 Å². The second kappa shape index (κ2) is 7.86. The average molecular weight is 504 g/mol. The molecule has 0 atom stereocenters. The molecule has 0 aliphatic heterocycles. The average Bonchev–Trinajstić information content (AvgIpc) is 3.43. The van der Waals surface area contributed by atoms with Gasteiger partial charge in [0.05, 0.1) is 21.5 Å². The van der Waals surface area contributed by atoms with Gasteiger partial charge in [0.15, 0.2) is 22.6 Å². The molecule has 12 nitrogen and oxygen atoms in total. The Morgan fingerprint density at radius 1 is 0.368 bits per heavy atom. The maximum Gasteiger partial charge on any atom is 0.156 e. The van der Waals surface area contributed by atoms with E-state index in [4.69, 9.17) is 0 Å². The molecule has 5 aromatic heterocycles.